The molecule has 0 unspecified atom stereocenters. The van der Waals surface area contributed by atoms with Crippen molar-refractivity contribution < 1.29 is 9.53 Å². The molecule has 0 bridgehead atoms. The Morgan fingerprint density at radius 2 is 1.85 bits per heavy atom. The van der Waals surface area contributed by atoms with E-state index in [0.29, 0.717) is 17.5 Å². The van der Waals surface area contributed by atoms with Gasteiger partial charge in [0.05, 0.1) is 35.6 Å². The Labute approximate surface area is 202 Å². The first-order chi connectivity index (χ1) is 16.5. The summed E-state index contributed by atoms with van der Waals surface area (Å²) in [4.78, 5) is 12.8. The molecule has 4 aromatic rings. The van der Waals surface area contributed by atoms with E-state index in [2.05, 4.69) is 27.2 Å². The zero-order valence-electron chi connectivity index (χ0n) is 19.4. The number of nitrogens with zero attached hydrogens (tertiary/aromatic N) is 5. The molecule has 9 heteroatoms. The summed E-state index contributed by atoms with van der Waals surface area (Å²) in [5.74, 6) is 1.53. The molecular formula is C25H26N6O2S. The number of amides is 1. The van der Waals surface area contributed by atoms with E-state index in [1.165, 1.54) is 11.8 Å². The van der Waals surface area contributed by atoms with E-state index in [0.717, 1.165) is 34.1 Å². The van der Waals surface area contributed by atoms with Gasteiger partial charge in [0.2, 0.25) is 5.91 Å². The third-order valence-corrected chi connectivity index (χ3v) is 6.23. The van der Waals surface area contributed by atoms with Crippen molar-refractivity contribution >= 4 is 23.4 Å². The summed E-state index contributed by atoms with van der Waals surface area (Å²) in [6.45, 7) is 8.20. The molecule has 0 saturated heterocycles. The highest BCUT2D eigenvalue weighted by atomic mass is 32.2. The highest BCUT2D eigenvalue weighted by Gasteiger charge is 2.18. The average Bonchev–Trinajstić information content (AvgIpc) is 3.39. The van der Waals surface area contributed by atoms with Gasteiger partial charge in [0.15, 0.2) is 11.0 Å². The largest absolute Gasteiger partial charge is 0.497 e. The third-order valence-electron chi connectivity index (χ3n) is 5.27. The number of methoxy groups -OCH3 is 1. The Kier molecular flexibility index (Phi) is 7.12. The average molecular weight is 475 g/mol. The molecule has 0 saturated carbocycles. The van der Waals surface area contributed by atoms with Crippen LogP contribution in [0, 0.1) is 13.8 Å². The number of carbonyl (C=O) groups excluding carboxylic acids is 1. The molecule has 2 heterocycles. The monoisotopic (exact) mass is 474 g/mol. The Hall–Kier alpha value is -3.85. The summed E-state index contributed by atoms with van der Waals surface area (Å²) in [6, 6.07) is 17.5. The fraction of sp³-hybridized carbons (Fsp3) is 0.200. The van der Waals surface area contributed by atoms with E-state index >= 15 is 0 Å². The molecule has 174 valence electrons. The molecule has 0 radical (unpaired) electrons. The second kappa shape index (κ2) is 10.4. The number of para-hydroxylation sites is 1. The number of aromatic nitrogens is 5. The molecule has 0 fully saturated rings. The van der Waals surface area contributed by atoms with Crippen molar-refractivity contribution in [3.8, 4) is 22.8 Å². The quantitative estimate of drug-likeness (QED) is 0.280. The molecule has 1 amide bonds. The zero-order valence-corrected chi connectivity index (χ0v) is 20.2. The van der Waals surface area contributed by atoms with Crippen LogP contribution < -0.4 is 10.1 Å². The number of nitrogens with one attached hydrogen (secondary N) is 1. The van der Waals surface area contributed by atoms with Gasteiger partial charge >= 0.3 is 0 Å². The Bertz CT molecular complexity index is 1300. The van der Waals surface area contributed by atoms with Crippen molar-refractivity contribution in [1.29, 1.82) is 0 Å². The Morgan fingerprint density at radius 1 is 1.12 bits per heavy atom. The van der Waals surface area contributed by atoms with Crippen LogP contribution in [0.1, 0.15) is 11.4 Å². The molecular weight excluding hydrogens is 448 g/mol. The fourth-order valence-electron chi connectivity index (χ4n) is 3.59. The first-order valence-electron chi connectivity index (χ1n) is 10.7. The number of hydrogen-bond acceptors (Lipinski definition) is 6. The van der Waals surface area contributed by atoms with Gasteiger partial charge in [0, 0.05) is 12.1 Å². The van der Waals surface area contributed by atoms with Gasteiger partial charge in [-0.3, -0.25) is 9.36 Å². The van der Waals surface area contributed by atoms with Crippen LogP contribution in [0.2, 0.25) is 0 Å². The van der Waals surface area contributed by atoms with E-state index in [-0.39, 0.29) is 11.7 Å². The van der Waals surface area contributed by atoms with E-state index in [9.17, 15) is 4.79 Å². The van der Waals surface area contributed by atoms with Gasteiger partial charge in [-0.1, -0.05) is 36.0 Å². The Balaban J connectivity index is 1.48. The lowest BCUT2D eigenvalue weighted by Crippen LogP contribution is -2.16. The van der Waals surface area contributed by atoms with E-state index in [1.54, 1.807) is 13.2 Å². The number of anilines is 1. The van der Waals surface area contributed by atoms with Gasteiger partial charge in [0.1, 0.15) is 5.75 Å². The summed E-state index contributed by atoms with van der Waals surface area (Å²) < 4.78 is 9.01. The number of hydrogen-bond donors (Lipinski definition) is 1. The number of ether oxygens (including phenoxy) is 1. The van der Waals surface area contributed by atoms with Crippen molar-refractivity contribution in [3.05, 3.63) is 78.6 Å². The summed E-state index contributed by atoms with van der Waals surface area (Å²) in [7, 11) is 1.63. The van der Waals surface area contributed by atoms with E-state index < -0.39 is 0 Å². The normalized spacial score (nSPS) is 10.8. The molecule has 0 spiro atoms. The van der Waals surface area contributed by atoms with Crippen molar-refractivity contribution in [1.82, 2.24) is 24.5 Å². The van der Waals surface area contributed by atoms with Crippen LogP contribution in [0.3, 0.4) is 0 Å². The number of allylic oxidation sites excluding steroid dienone is 1. The maximum Gasteiger partial charge on any atom is 0.234 e. The minimum absolute atomic E-state index is 0.136. The van der Waals surface area contributed by atoms with Crippen LogP contribution in [-0.4, -0.2) is 43.3 Å². The maximum atomic E-state index is 12.8. The molecule has 0 aliphatic rings. The highest BCUT2D eigenvalue weighted by molar-refractivity contribution is 7.99. The van der Waals surface area contributed by atoms with Gasteiger partial charge in [-0.05, 0) is 50.2 Å². The fourth-order valence-corrected chi connectivity index (χ4v) is 4.34. The number of thioether (sulfide) groups is 1. The lowest BCUT2D eigenvalue weighted by atomic mass is 10.2. The standard InChI is InChI=1S/C25H26N6O2S/c1-5-15-30-24(19-11-13-21(33-4)14-12-19)27-28-25(30)34-16-22(32)26-23-17(2)29-31(18(23)3)20-9-7-6-8-10-20/h5-14H,1,15-16H2,2-4H3,(H,26,32). The number of carbonyl (C=O) groups is 1. The van der Waals surface area contributed by atoms with E-state index in [4.69, 9.17) is 4.74 Å². The first-order valence-corrected chi connectivity index (χ1v) is 11.7. The van der Waals surface area contributed by atoms with Crippen LogP contribution in [-0.2, 0) is 11.3 Å². The summed E-state index contributed by atoms with van der Waals surface area (Å²) in [5.41, 5.74) is 4.21. The molecule has 1 N–H and O–H groups in total. The smallest absolute Gasteiger partial charge is 0.234 e. The first kappa shape index (κ1) is 23.3. The number of benzene rings is 2. The zero-order chi connectivity index (χ0) is 24.1. The minimum Gasteiger partial charge on any atom is -0.497 e. The molecule has 2 aromatic heterocycles. The van der Waals surface area contributed by atoms with Gasteiger partial charge in [-0.15, -0.1) is 16.8 Å². The minimum atomic E-state index is -0.136. The predicted molar refractivity (Wildman–Crippen MR) is 135 cm³/mol. The lowest BCUT2D eigenvalue weighted by Gasteiger charge is -2.09. The number of rotatable bonds is 9. The Morgan fingerprint density at radius 3 is 2.53 bits per heavy atom. The van der Waals surface area contributed by atoms with Crippen LogP contribution in [0.25, 0.3) is 17.1 Å². The van der Waals surface area contributed by atoms with Crippen molar-refractivity contribution in [3.63, 3.8) is 0 Å². The van der Waals surface area contributed by atoms with Gasteiger partial charge < -0.3 is 10.1 Å². The summed E-state index contributed by atoms with van der Waals surface area (Å²) in [6.07, 6.45) is 1.78. The van der Waals surface area contributed by atoms with Gasteiger partial charge in [-0.2, -0.15) is 5.10 Å². The number of aryl methyl sites for hydroxylation is 1. The van der Waals surface area contributed by atoms with Crippen molar-refractivity contribution in [2.24, 2.45) is 0 Å². The second-order valence-corrected chi connectivity index (χ2v) is 8.51. The second-order valence-electron chi connectivity index (χ2n) is 7.56. The lowest BCUT2D eigenvalue weighted by molar-refractivity contribution is -0.113. The van der Waals surface area contributed by atoms with Crippen molar-refractivity contribution in [2.75, 3.05) is 18.2 Å². The highest BCUT2D eigenvalue weighted by Crippen LogP contribution is 2.27. The third kappa shape index (κ3) is 4.89. The van der Waals surface area contributed by atoms with E-state index in [1.807, 2.05) is 77.7 Å². The van der Waals surface area contributed by atoms with Gasteiger partial charge in [0.25, 0.3) is 0 Å². The van der Waals surface area contributed by atoms with Crippen LogP contribution in [0.5, 0.6) is 5.75 Å². The van der Waals surface area contributed by atoms with Gasteiger partial charge in [-0.25, -0.2) is 4.68 Å². The molecule has 2 aromatic carbocycles. The molecule has 0 aliphatic heterocycles. The van der Waals surface area contributed by atoms with Crippen LogP contribution >= 0.6 is 11.8 Å². The predicted octanol–water partition coefficient (Wildman–Crippen LogP) is 4.67. The summed E-state index contributed by atoms with van der Waals surface area (Å²) >= 11 is 1.33. The molecule has 0 atom stereocenters. The molecule has 0 aliphatic carbocycles. The topological polar surface area (TPSA) is 86.9 Å². The SMILES string of the molecule is C=CCn1c(SCC(=O)Nc2c(C)nn(-c3ccccc3)c2C)nnc1-c1ccc(OC)cc1. The molecule has 4 rings (SSSR count). The maximum absolute atomic E-state index is 12.8. The molecule has 34 heavy (non-hydrogen) atoms. The van der Waals surface area contributed by atoms with Crippen LogP contribution in [0.4, 0.5) is 5.69 Å². The summed E-state index contributed by atoms with van der Waals surface area (Å²) in [5, 5.41) is 16.9. The molecule has 8 nitrogen and oxygen atoms in total. The van der Waals surface area contributed by atoms with Crippen LogP contribution in [0.15, 0.2) is 72.4 Å². The van der Waals surface area contributed by atoms with Crippen molar-refractivity contribution in [2.45, 2.75) is 25.5 Å².